The smallest absolute Gasteiger partial charge is 0.338 e. The first kappa shape index (κ1) is 15.3. The Bertz CT molecular complexity index is 504. The summed E-state index contributed by atoms with van der Waals surface area (Å²) in [5, 5.41) is 11.5. The molecule has 19 heavy (non-hydrogen) atoms. The van der Waals surface area contributed by atoms with Gasteiger partial charge in [-0.2, -0.15) is 0 Å². The van der Waals surface area contributed by atoms with Gasteiger partial charge in [0, 0.05) is 35.0 Å². The van der Waals surface area contributed by atoms with E-state index in [9.17, 15) is 13.8 Å². The third-order valence-electron chi connectivity index (χ3n) is 2.66. The predicted octanol–water partition coefficient (Wildman–Crippen LogP) is 0.667. The lowest BCUT2D eigenvalue weighted by molar-refractivity contribution is 0.0690. The van der Waals surface area contributed by atoms with Crippen molar-refractivity contribution in [3.63, 3.8) is 0 Å². The molecule has 0 spiro atoms. The van der Waals surface area contributed by atoms with Crippen molar-refractivity contribution < 1.29 is 18.9 Å². The van der Waals surface area contributed by atoms with Crippen molar-refractivity contribution in [1.29, 1.82) is 0 Å². The van der Waals surface area contributed by atoms with Crippen molar-refractivity contribution in [2.45, 2.75) is 18.6 Å². The van der Waals surface area contributed by atoms with Gasteiger partial charge in [0.15, 0.2) is 0 Å². The minimum atomic E-state index is -1.19. The molecule has 0 aromatic carbocycles. The van der Waals surface area contributed by atoms with Gasteiger partial charge in [-0.1, -0.05) is 6.92 Å². The molecule has 104 valence electrons. The Morgan fingerprint density at radius 3 is 2.79 bits per heavy atom. The number of carbonyl (C=O) groups is 2. The van der Waals surface area contributed by atoms with E-state index in [4.69, 9.17) is 5.11 Å². The summed E-state index contributed by atoms with van der Waals surface area (Å²) in [4.78, 5) is 26.5. The third-order valence-corrected chi connectivity index (χ3v) is 4.03. The van der Waals surface area contributed by atoms with E-state index in [0.29, 0.717) is 13.0 Å². The first-order chi connectivity index (χ1) is 8.93. The Kier molecular flexibility index (Phi) is 5.62. The van der Waals surface area contributed by atoms with Crippen LogP contribution in [0.4, 0.5) is 0 Å². The van der Waals surface area contributed by atoms with Gasteiger partial charge in [0.1, 0.15) is 5.69 Å². The van der Waals surface area contributed by atoms with Gasteiger partial charge < -0.3 is 10.4 Å². The molecule has 0 aliphatic heterocycles. The fourth-order valence-corrected chi connectivity index (χ4v) is 1.85. The highest BCUT2D eigenvalue weighted by Crippen LogP contribution is 2.05. The molecule has 0 fully saturated rings. The molecule has 1 rings (SSSR count). The number of nitrogens with zero attached hydrogens (tertiary/aromatic N) is 1. The number of hydrogen-bond acceptors (Lipinski definition) is 4. The van der Waals surface area contributed by atoms with E-state index in [1.807, 2.05) is 6.92 Å². The first-order valence-corrected chi connectivity index (χ1v) is 7.34. The predicted molar refractivity (Wildman–Crippen MR) is 71.7 cm³/mol. The lowest BCUT2D eigenvalue weighted by Crippen LogP contribution is -2.29. The number of carboxylic acid groups (broad SMARTS) is 1. The zero-order valence-electron chi connectivity index (χ0n) is 10.8. The van der Waals surface area contributed by atoms with Gasteiger partial charge in [-0.3, -0.25) is 14.0 Å². The van der Waals surface area contributed by atoms with Crippen LogP contribution in [-0.2, 0) is 10.8 Å². The molecule has 2 atom stereocenters. The van der Waals surface area contributed by atoms with Crippen molar-refractivity contribution in [1.82, 2.24) is 10.3 Å². The van der Waals surface area contributed by atoms with Crippen LogP contribution in [0.2, 0.25) is 0 Å². The van der Waals surface area contributed by atoms with Crippen LogP contribution in [0.25, 0.3) is 0 Å². The quantitative estimate of drug-likeness (QED) is 0.800. The molecular formula is C12H16N2O4S. The summed E-state index contributed by atoms with van der Waals surface area (Å²) in [6.07, 6.45) is 3.53. The highest BCUT2D eigenvalue weighted by atomic mass is 32.2. The third kappa shape index (κ3) is 4.44. The maximum Gasteiger partial charge on any atom is 0.338 e. The molecule has 0 saturated heterocycles. The fraction of sp³-hybridized carbons (Fsp3) is 0.417. The van der Waals surface area contributed by atoms with Crippen LogP contribution in [0.1, 0.15) is 34.2 Å². The second-order valence-electron chi connectivity index (χ2n) is 4.06. The topological polar surface area (TPSA) is 96.4 Å². The number of nitrogens with one attached hydrogen (secondary N) is 1. The molecule has 7 heteroatoms. The summed E-state index contributed by atoms with van der Waals surface area (Å²) >= 11 is 0. The Morgan fingerprint density at radius 1 is 1.53 bits per heavy atom. The number of pyridine rings is 1. The largest absolute Gasteiger partial charge is 0.478 e. The molecule has 0 radical (unpaired) electrons. The van der Waals surface area contributed by atoms with Gasteiger partial charge in [-0.15, -0.1) is 0 Å². The van der Waals surface area contributed by atoms with E-state index < -0.39 is 22.7 Å². The van der Waals surface area contributed by atoms with Gasteiger partial charge in [0.2, 0.25) is 0 Å². The number of aromatic carboxylic acids is 1. The molecule has 0 aliphatic carbocycles. The monoisotopic (exact) mass is 284 g/mol. The summed E-state index contributed by atoms with van der Waals surface area (Å²) in [7, 11) is -0.942. The molecule has 1 aromatic rings. The fourth-order valence-electron chi connectivity index (χ4n) is 1.40. The zero-order chi connectivity index (χ0) is 14.4. The SMILES string of the molecule is CC(CCNC(=O)c1ncccc1C(=O)O)S(C)=O. The van der Waals surface area contributed by atoms with Crippen LogP contribution in [0.15, 0.2) is 18.3 Å². The summed E-state index contributed by atoms with van der Waals surface area (Å²) in [5.41, 5.74) is -0.243. The molecule has 2 N–H and O–H groups in total. The Labute approximate surface area is 113 Å². The van der Waals surface area contributed by atoms with E-state index in [2.05, 4.69) is 10.3 Å². The number of rotatable bonds is 6. The van der Waals surface area contributed by atoms with E-state index >= 15 is 0 Å². The van der Waals surface area contributed by atoms with E-state index in [1.54, 1.807) is 6.26 Å². The number of amides is 1. The molecule has 1 aromatic heterocycles. The summed E-state index contributed by atoms with van der Waals surface area (Å²) in [6, 6.07) is 2.79. The number of carboxylic acids is 1. The molecule has 1 amide bonds. The standard InChI is InChI=1S/C12H16N2O4S/c1-8(19(2)18)5-7-14-11(15)10-9(12(16)17)4-3-6-13-10/h3-4,6,8H,5,7H2,1-2H3,(H,14,15)(H,16,17). The molecule has 0 aliphatic rings. The van der Waals surface area contributed by atoms with Crippen LogP contribution < -0.4 is 5.32 Å². The molecule has 2 unspecified atom stereocenters. The normalized spacial score (nSPS) is 13.6. The minimum absolute atomic E-state index is 0.0250. The van der Waals surface area contributed by atoms with Gasteiger partial charge in [0.25, 0.3) is 5.91 Å². The number of carbonyl (C=O) groups excluding carboxylic acids is 1. The first-order valence-electron chi connectivity index (χ1n) is 5.72. The van der Waals surface area contributed by atoms with Crippen LogP contribution in [0, 0.1) is 0 Å². The second-order valence-corrected chi connectivity index (χ2v) is 5.86. The maximum absolute atomic E-state index is 11.8. The summed E-state index contributed by atoms with van der Waals surface area (Å²) in [5.74, 6) is -1.73. The summed E-state index contributed by atoms with van der Waals surface area (Å²) < 4.78 is 11.1. The van der Waals surface area contributed by atoms with E-state index in [-0.39, 0.29) is 16.5 Å². The highest BCUT2D eigenvalue weighted by molar-refractivity contribution is 7.84. The van der Waals surface area contributed by atoms with Crippen LogP contribution in [0.5, 0.6) is 0 Å². The second kappa shape index (κ2) is 6.98. The zero-order valence-corrected chi connectivity index (χ0v) is 11.6. The highest BCUT2D eigenvalue weighted by Gasteiger charge is 2.17. The Morgan fingerprint density at radius 2 is 2.21 bits per heavy atom. The van der Waals surface area contributed by atoms with Crippen LogP contribution in [-0.4, -0.2) is 44.2 Å². The molecule has 0 bridgehead atoms. The van der Waals surface area contributed by atoms with E-state index in [0.717, 1.165) is 0 Å². The molecule has 6 nitrogen and oxygen atoms in total. The lowest BCUT2D eigenvalue weighted by Gasteiger charge is -2.09. The van der Waals surface area contributed by atoms with Crippen molar-refractivity contribution in [2.24, 2.45) is 0 Å². The maximum atomic E-state index is 11.8. The summed E-state index contributed by atoms with van der Waals surface area (Å²) in [6.45, 7) is 2.15. The van der Waals surface area contributed by atoms with Gasteiger partial charge in [0.05, 0.1) is 5.56 Å². The van der Waals surface area contributed by atoms with Crippen LogP contribution >= 0.6 is 0 Å². The lowest BCUT2D eigenvalue weighted by atomic mass is 10.2. The molecular weight excluding hydrogens is 268 g/mol. The van der Waals surface area contributed by atoms with Gasteiger partial charge in [-0.05, 0) is 18.6 Å². The van der Waals surface area contributed by atoms with Crippen molar-refractivity contribution in [2.75, 3.05) is 12.8 Å². The van der Waals surface area contributed by atoms with Gasteiger partial charge in [-0.25, -0.2) is 4.79 Å². The molecule has 1 heterocycles. The van der Waals surface area contributed by atoms with E-state index in [1.165, 1.54) is 18.3 Å². The van der Waals surface area contributed by atoms with Crippen molar-refractivity contribution >= 4 is 22.7 Å². The Balaban J connectivity index is 2.64. The Hall–Kier alpha value is -1.76. The average Bonchev–Trinajstić information content (AvgIpc) is 2.38. The van der Waals surface area contributed by atoms with Crippen LogP contribution in [0.3, 0.4) is 0 Å². The van der Waals surface area contributed by atoms with Crippen molar-refractivity contribution in [3.05, 3.63) is 29.6 Å². The number of aromatic nitrogens is 1. The van der Waals surface area contributed by atoms with Crippen molar-refractivity contribution in [3.8, 4) is 0 Å². The average molecular weight is 284 g/mol. The number of hydrogen-bond donors (Lipinski definition) is 2. The van der Waals surface area contributed by atoms with Gasteiger partial charge >= 0.3 is 5.97 Å². The molecule has 0 saturated carbocycles. The minimum Gasteiger partial charge on any atom is -0.478 e.